The second-order valence-corrected chi connectivity index (χ2v) is 4.10. The average molecular weight is 235 g/mol. The molecule has 0 aromatic rings. The second kappa shape index (κ2) is 5.07. The molecule has 4 atom stereocenters. The van der Waals surface area contributed by atoms with E-state index in [1.807, 2.05) is 13.0 Å². The maximum atomic E-state index is 10.6. The van der Waals surface area contributed by atoms with E-state index in [0.717, 1.165) is 6.42 Å². The van der Waals surface area contributed by atoms with Crippen molar-refractivity contribution in [3.8, 4) is 0 Å². The molecule has 15 heavy (non-hydrogen) atoms. The Morgan fingerprint density at radius 1 is 1.67 bits per heavy atom. The maximum absolute atomic E-state index is 10.6. The Morgan fingerprint density at radius 2 is 2.33 bits per heavy atom. The molecule has 1 fully saturated rings. The third kappa shape index (κ3) is 3.01. The first-order chi connectivity index (χ1) is 7.02. The van der Waals surface area contributed by atoms with Crippen LogP contribution in [0.25, 0.3) is 0 Å². The number of aliphatic hydroxyl groups excluding tert-OH is 1. The van der Waals surface area contributed by atoms with Gasteiger partial charge in [0.05, 0.1) is 17.6 Å². The number of alkyl halides is 1. The summed E-state index contributed by atoms with van der Waals surface area (Å²) in [7, 11) is 0. The van der Waals surface area contributed by atoms with Crippen molar-refractivity contribution in [2.24, 2.45) is 0 Å². The monoisotopic (exact) mass is 234 g/mol. The van der Waals surface area contributed by atoms with E-state index in [1.165, 1.54) is 0 Å². The van der Waals surface area contributed by atoms with Crippen LogP contribution >= 0.6 is 11.6 Å². The molecule has 0 aliphatic carbocycles. The van der Waals surface area contributed by atoms with Crippen LogP contribution in [0, 0.1) is 0 Å². The lowest BCUT2D eigenvalue weighted by Crippen LogP contribution is -2.52. The van der Waals surface area contributed by atoms with Gasteiger partial charge in [-0.3, -0.25) is 4.79 Å². The van der Waals surface area contributed by atoms with Crippen LogP contribution in [-0.4, -0.2) is 39.9 Å². The van der Waals surface area contributed by atoms with E-state index in [4.69, 9.17) is 16.3 Å². The van der Waals surface area contributed by atoms with Gasteiger partial charge in [0, 0.05) is 6.42 Å². The van der Waals surface area contributed by atoms with Crippen LogP contribution in [0.4, 0.5) is 0 Å². The first-order valence-corrected chi connectivity index (χ1v) is 5.31. The fraction of sp³-hybridized carbons (Fsp3) is 0.700. The Hall–Kier alpha value is -0.420. The standard InChI is InChI=1S/C10H15ClO4/c1-2-3-4-8-9(11)7(13)5-10(14,6-12)15-8/h3-4,6-9,13-14H,2,5H2,1H3/b4-3+/t7-,8-,9+,10?/m1/s1. The highest BCUT2D eigenvalue weighted by Crippen LogP contribution is 2.29. The van der Waals surface area contributed by atoms with Crippen LogP contribution in [-0.2, 0) is 9.53 Å². The smallest absolute Gasteiger partial charge is 0.226 e. The zero-order valence-corrected chi connectivity index (χ0v) is 9.22. The highest BCUT2D eigenvalue weighted by Gasteiger charge is 2.44. The molecule has 1 unspecified atom stereocenters. The summed E-state index contributed by atoms with van der Waals surface area (Å²) in [6, 6.07) is 0. The fourth-order valence-corrected chi connectivity index (χ4v) is 1.70. The minimum absolute atomic E-state index is 0.193. The summed E-state index contributed by atoms with van der Waals surface area (Å²) in [5, 5.41) is 18.5. The van der Waals surface area contributed by atoms with E-state index in [-0.39, 0.29) is 12.7 Å². The first kappa shape index (κ1) is 12.6. The topological polar surface area (TPSA) is 66.8 Å². The molecule has 0 radical (unpaired) electrons. The lowest BCUT2D eigenvalue weighted by Gasteiger charge is -2.38. The Labute approximate surface area is 93.5 Å². The Balaban J connectivity index is 2.77. The summed E-state index contributed by atoms with van der Waals surface area (Å²) in [4.78, 5) is 10.6. The van der Waals surface area contributed by atoms with Gasteiger partial charge in [-0.2, -0.15) is 0 Å². The van der Waals surface area contributed by atoms with Crippen molar-refractivity contribution in [3.05, 3.63) is 12.2 Å². The van der Waals surface area contributed by atoms with Crippen molar-refractivity contribution < 1.29 is 19.7 Å². The Bertz CT molecular complexity index is 256. The van der Waals surface area contributed by atoms with Crippen LogP contribution in [0.2, 0.25) is 0 Å². The minimum Gasteiger partial charge on any atom is -0.391 e. The van der Waals surface area contributed by atoms with Crippen molar-refractivity contribution in [2.75, 3.05) is 0 Å². The number of hydrogen-bond acceptors (Lipinski definition) is 4. The number of allylic oxidation sites excluding steroid dienone is 1. The van der Waals surface area contributed by atoms with Gasteiger partial charge in [-0.05, 0) is 6.42 Å². The summed E-state index contributed by atoms with van der Waals surface area (Å²) < 4.78 is 5.12. The molecule has 86 valence electrons. The molecule has 0 aromatic carbocycles. The molecule has 2 N–H and O–H groups in total. The first-order valence-electron chi connectivity index (χ1n) is 4.87. The summed E-state index contributed by atoms with van der Waals surface area (Å²) in [6.07, 6.45) is 2.73. The second-order valence-electron chi connectivity index (χ2n) is 3.60. The highest BCUT2D eigenvalue weighted by molar-refractivity contribution is 6.21. The maximum Gasteiger partial charge on any atom is 0.226 e. The molecule has 0 bridgehead atoms. The number of rotatable bonds is 3. The van der Waals surface area contributed by atoms with Crippen molar-refractivity contribution in [2.45, 2.75) is 43.1 Å². The molecule has 1 aliphatic rings. The van der Waals surface area contributed by atoms with Gasteiger partial charge in [-0.25, -0.2) is 0 Å². The number of aliphatic hydroxyl groups is 2. The van der Waals surface area contributed by atoms with Crippen molar-refractivity contribution >= 4 is 17.9 Å². The van der Waals surface area contributed by atoms with Gasteiger partial charge in [0.15, 0.2) is 6.29 Å². The zero-order valence-electron chi connectivity index (χ0n) is 8.47. The van der Waals surface area contributed by atoms with Crippen molar-refractivity contribution in [1.82, 2.24) is 0 Å². The van der Waals surface area contributed by atoms with Crippen LogP contribution in [0.5, 0.6) is 0 Å². The normalized spacial score (nSPS) is 42.0. The Morgan fingerprint density at radius 3 is 2.87 bits per heavy atom. The van der Waals surface area contributed by atoms with Gasteiger partial charge in [-0.1, -0.05) is 19.1 Å². The molecule has 1 aliphatic heterocycles. The molecule has 0 spiro atoms. The number of hydrogen-bond donors (Lipinski definition) is 2. The Kier molecular flexibility index (Phi) is 4.28. The quantitative estimate of drug-likeness (QED) is 0.426. The molecule has 1 heterocycles. The largest absolute Gasteiger partial charge is 0.391 e. The fourth-order valence-electron chi connectivity index (χ4n) is 1.47. The lowest BCUT2D eigenvalue weighted by molar-refractivity contribution is -0.238. The molecule has 0 aromatic heterocycles. The lowest BCUT2D eigenvalue weighted by atomic mass is 9.98. The molecule has 1 saturated heterocycles. The van der Waals surface area contributed by atoms with Gasteiger partial charge in [-0.15, -0.1) is 11.6 Å². The average Bonchev–Trinajstić information content (AvgIpc) is 2.21. The predicted octanol–water partition coefficient (Wildman–Crippen LogP) is 0.597. The van der Waals surface area contributed by atoms with Crippen LogP contribution in [0.1, 0.15) is 19.8 Å². The molecule has 0 amide bonds. The van der Waals surface area contributed by atoms with E-state index >= 15 is 0 Å². The molecular formula is C10H15ClO4. The van der Waals surface area contributed by atoms with E-state index in [9.17, 15) is 15.0 Å². The summed E-state index contributed by atoms with van der Waals surface area (Å²) in [5.74, 6) is -1.92. The molecule has 1 rings (SSSR count). The van der Waals surface area contributed by atoms with E-state index < -0.39 is 23.4 Å². The number of aldehydes is 1. The molecular weight excluding hydrogens is 220 g/mol. The molecule has 5 heteroatoms. The van der Waals surface area contributed by atoms with E-state index in [0.29, 0.717) is 0 Å². The van der Waals surface area contributed by atoms with Crippen molar-refractivity contribution in [1.29, 1.82) is 0 Å². The number of halogens is 1. The van der Waals surface area contributed by atoms with Gasteiger partial charge < -0.3 is 14.9 Å². The van der Waals surface area contributed by atoms with Crippen molar-refractivity contribution in [3.63, 3.8) is 0 Å². The van der Waals surface area contributed by atoms with Crippen LogP contribution < -0.4 is 0 Å². The summed E-state index contributed by atoms with van der Waals surface area (Å²) in [6.45, 7) is 1.94. The van der Waals surface area contributed by atoms with E-state index in [2.05, 4.69) is 0 Å². The predicted molar refractivity (Wildman–Crippen MR) is 55.6 cm³/mol. The minimum atomic E-state index is -1.92. The summed E-state index contributed by atoms with van der Waals surface area (Å²) >= 11 is 5.90. The molecule has 0 saturated carbocycles. The number of carbonyl (C=O) groups excluding carboxylic acids is 1. The van der Waals surface area contributed by atoms with Gasteiger partial charge in [0.25, 0.3) is 0 Å². The third-order valence-electron chi connectivity index (χ3n) is 2.27. The number of carbonyl (C=O) groups is 1. The van der Waals surface area contributed by atoms with Crippen LogP contribution in [0.3, 0.4) is 0 Å². The van der Waals surface area contributed by atoms with Gasteiger partial charge >= 0.3 is 0 Å². The highest BCUT2D eigenvalue weighted by atomic mass is 35.5. The molecule has 4 nitrogen and oxygen atoms in total. The summed E-state index contributed by atoms with van der Waals surface area (Å²) in [5.41, 5.74) is 0. The van der Waals surface area contributed by atoms with Crippen LogP contribution in [0.15, 0.2) is 12.2 Å². The van der Waals surface area contributed by atoms with Gasteiger partial charge in [0.2, 0.25) is 5.79 Å². The SMILES string of the molecule is CC/C=C/[C@H]1OC(O)(C=O)C[C@@H](O)[C@@H]1Cl. The number of ether oxygens (including phenoxy) is 1. The third-order valence-corrected chi connectivity index (χ3v) is 2.81. The van der Waals surface area contributed by atoms with E-state index in [1.54, 1.807) is 6.08 Å². The zero-order chi connectivity index (χ0) is 11.5. The van der Waals surface area contributed by atoms with Gasteiger partial charge in [0.1, 0.15) is 0 Å².